The van der Waals surface area contributed by atoms with Crippen LogP contribution in [-0.2, 0) is 31.9 Å². The van der Waals surface area contributed by atoms with E-state index in [0.29, 0.717) is 23.5 Å². The molecular weight excluding hydrogens is 1080 g/mol. The number of rotatable bonds is 6. The molecule has 13 rings (SSSR count). The molecule has 368 valence electrons. The van der Waals surface area contributed by atoms with E-state index in [2.05, 4.69) is 190 Å². The minimum atomic E-state index is -0.406. The van der Waals surface area contributed by atoms with Gasteiger partial charge in [-0.05, 0) is 139 Å². The zero-order valence-corrected chi connectivity index (χ0v) is 44.6. The van der Waals surface area contributed by atoms with Crippen molar-refractivity contribution in [2.24, 2.45) is 0 Å². The number of para-hydroxylation sites is 2. The number of benzene rings is 7. The summed E-state index contributed by atoms with van der Waals surface area (Å²) in [5, 5.41) is 10.1. The molecule has 0 radical (unpaired) electrons. The van der Waals surface area contributed by atoms with E-state index in [0.717, 1.165) is 102 Å². The molecular formula is C68H57N4OPt-3. The van der Waals surface area contributed by atoms with Crippen LogP contribution in [0, 0.1) is 18.8 Å². The van der Waals surface area contributed by atoms with E-state index in [1.807, 2.05) is 36.5 Å². The van der Waals surface area contributed by atoms with Gasteiger partial charge in [0.15, 0.2) is 0 Å². The zero-order chi connectivity index (χ0) is 53.9. The van der Waals surface area contributed by atoms with Crippen molar-refractivity contribution in [3.8, 4) is 28.4 Å². The van der Waals surface area contributed by atoms with E-state index in [9.17, 15) is 0 Å². The third kappa shape index (κ3) is 8.14. The van der Waals surface area contributed by atoms with Crippen LogP contribution in [-0.4, -0.2) is 14.1 Å². The van der Waals surface area contributed by atoms with E-state index >= 15 is 0 Å². The monoisotopic (exact) mass is 1150 g/mol. The maximum absolute atomic E-state index is 9.11. The first kappa shape index (κ1) is 41.8. The minimum absolute atomic E-state index is 0. The van der Waals surface area contributed by atoms with Crippen molar-refractivity contribution < 1.29 is 32.7 Å². The SMILES string of the molecule is [2H]c1c([2H])c([2H])c(-c2cc(C3=c4c(c5ccccc5c5c(c6cccc7c6n4[CH-]N7c4[c-]c(Oc6[c-]c7c(cc6)c6ccccc6n7-c6cc(C(C)(C)C)ccn6)ccc4)=CCCC=5)=CCC3)cc(C(C)(C)C)c2)c([2H])c1[2H].[Pt]. The maximum atomic E-state index is 9.11. The molecule has 1 aliphatic heterocycles. The Bertz CT molecular complexity index is 4530. The van der Waals surface area contributed by atoms with Crippen LogP contribution in [0.2, 0.25) is 0 Å². The predicted octanol–water partition coefficient (Wildman–Crippen LogP) is 14.3. The molecule has 3 aromatic heterocycles. The van der Waals surface area contributed by atoms with Gasteiger partial charge in [0.05, 0.1) is 6.85 Å². The van der Waals surface area contributed by atoms with Crippen LogP contribution in [0.1, 0.15) is 90.8 Å². The Kier molecular flexibility index (Phi) is 10.4. The van der Waals surface area contributed by atoms with Gasteiger partial charge in [-0.25, -0.2) is 4.98 Å². The summed E-state index contributed by atoms with van der Waals surface area (Å²) in [5.74, 6) is 1.91. The van der Waals surface area contributed by atoms with Crippen LogP contribution in [0.25, 0.3) is 84.2 Å². The van der Waals surface area contributed by atoms with Gasteiger partial charge in [-0.2, -0.15) is 12.1 Å². The number of anilines is 2. The number of hydrogen-bond acceptors (Lipinski definition) is 3. The fourth-order valence-corrected chi connectivity index (χ4v) is 11.2. The van der Waals surface area contributed by atoms with Gasteiger partial charge in [0, 0.05) is 50.0 Å². The minimum Gasteiger partial charge on any atom is -0.509 e. The van der Waals surface area contributed by atoms with Gasteiger partial charge >= 0.3 is 0 Å². The number of fused-ring (bicyclic) bond motifs is 10. The first-order chi connectivity index (χ1) is 37.5. The summed E-state index contributed by atoms with van der Waals surface area (Å²) in [5.41, 5.74) is 9.34. The summed E-state index contributed by atoms with van der Waals surface area (Å²) in [6, 6.07) is 50.2. The summed E-state index contributed by atoms with van der Waals surface area (Å²) in [6.07, 6.45) is 12.4. The van der Waals surface area contributed by atoms with Gasteiger partial charge in [0.25, 0.3) is 0 Å². The molecule has 5 nitrogen and oxygen atoms in total. The second-order valence-electron chi connectivity index (χ2n) is 21.5. The van der Waals surface area contributed by atoms with E-state index in [-0.39, 0.29) is 61.6 Å². The number of nitrogens with zero attached hydrogens (tertiary/aromatic N) is 4. The molecule has 0 spiro atoms. The van der Waals surface area contributed by atoms with Gasteiger partial charge in [0.1, 0.15) is 5.82 Å². The molecule has 0 unspecified atom stereocenters. The normalized spacial score (nSPS) is 14.8. The van der Waals surface area contributed by atoms with Crippen LogP contribution in [0.5, 0.6) is 11.5 Å². The average Bonchev–Trinajstić information content (AvgIpc) is 4.13. The Morgan fingerprint density at radius 1 is 0.595 bits per heavy atom. The molecule has 7 aromatic carbocycles. The van der Waals surface area contributed by atoms with E-state index in [4.69, 9.17) is 16.6 Å². The van der Waals surface area contributed by atoms with Gasteiger partial charge in [-0.1, -0.05) is 184 Å². The quantitative estimate of drug-likeness (QED) is 0.156. The Balaban J connectivity index is 0.00000623. The number of pyridine rings is 1. The summed E-state index contributed by atoms with van der Waals surface area (Å²) in [7, 11) is 0. The van der Waals surface area contributed by atoms with Crippen molar-refractivity contribution in [1.29, 1.82) is 0 Å². The van der Waals surface area contributed by atoms with Crippen LogP contribution < -0.4 is 30.6 Å². The van der Waals surface area contributed by atoms with Crippen molar-refractivity contribution in [2.75, 3.05) is 4.90 Å². The molecule has 0 atom stereocenters. The molecule has 0 saturated carbocycles. The van der Waals surface area contributed by atoms with Crippen molar-refractivity contribution in [2.45, 2.75) is 78.1 Å². The summed E-state index contributed by atoms with van der Waals surface area (Å²) in [4.78, 5) is 7.10. The summed E-state index contributed by atoms with van der Waals surface area (Å²) >= 11 is 0. The molecule has 3 aliphatic rings. The van der Waals surface area contributed by atoms with E-state index < -0.39 is 6.04 Å². The number of aromatic nitrogens is 3. The average molecular weight is 1150 g/mol. The topological polar surface area (TPSA) is 35.2 Å². The van der Waals surface area contributed by atoms with Gasteiger partial charge in [-0.3, -0.25) is 0 Å². The number of hydrogen-bond donors (Lipinski definition) is 0. The molecule has 6 heteroatoms. The van der Waals surface area contributed by atoms with Crippen LogP contribution >= 0.6 is 0 Å². The first-order valence-corrected chi connectivity index (χ1v) is 25.4. The van der Waals surface area contributed by atoms with Crippen LogP contribution in [0.4, 0.5) is 11.4 Å². The Labute approximate surface area is 454 Å². The molecule has 0 saturated heterocycles. The van der Waals surface area contributed by atoms with Crippen molar-refractivity contribution >= 4 is 78.7 Å². The maximum Gasteiger partial charge on any atom is 0.135 e. The Morgan fingerprint density at radius 3 is 2.05 bits per heavy atom. The first-order valence-electron chi connectivity index (χ1n) is 27.9. The fourth-order valence-electron chi connectivity index (χ4n) is 11.2. The molecule has 0 amide bonds. The molecule has 10 aromatic rings. The summed E-state index contributed by atoms with van der Waals surface area (Å²) in [6.45, 7) is 15.3. The largest absolute Gasteiger partial charge is 0.509 e. The number of ether oxygens (including phenoxy) is 1. The van der Waals surface area contributed by atoms with Crippen molar-refractivity contribution in [1.82, 2.24) is 14.1 Å². The Morgan fingerprint density at radius 2 is 1.27 bits per heavy atom. The fraction of sp³-hybridized carbons (Fsp3) is 0.176. The van der Waals surface area contributed by atoms with Crippen molar-refractivity contribution in [3.63, 3.8) is 0 Å². The smallest absolute Gasteiger partial charge is 0.135 e. The Hall–Kier alpha value is -7.59. The molecule has 0 N–H and O–H groups in total. The van der Waals surface area contributed by atoms with Crippen molar-refractivity contribution in [3.05, 3.63) is 220 Å². The summed E-state index contributed by atoms with van der Waals surface area (Å²) < 4.78 is 55.3. The molecule has 2 aliphatic carbocycles. The molecule has 0 fully saturated rings. The molecule has 74 heavy (non-hydrogen) atoms. The molecule has 4 heterocycles. The second kappa shape index (κ2) is 18.4. The van der Waals surface area contributed by atoms with E-state index in [1.165, 1.54) is 21.4 Å². The zero-order valence-electron chi connectivity index (χ0n) is 47.4. The second-order valence-corrected chi connectivity index (χ2v) is 21.5. The van der Waals surface area contributed by atoms with Gasteiger partial charge in [0.2, 0.25) is 0 Å². The standard InChI is InChI=1S/C68H57N4O.Pt/c1-67(2,3)47-35-36-69-64(40-47)72-61-31-15-14-27-57(61)58-34-33-51(42-63(58)72)73-50-22-16-21-49(41-50)70-43-71-65-52(46-37-45(44-19-8-7-9-20-44)38-48(39-46)68(4,5)6)28-17-29-59(65)55-25-12-10-23-53(55)54-24-11-13-26-56(54)60-30-18-32-62(70)66(60)71;/h7-10,12,14-16,18-27,29-40,43H,11,13,17,28H2,1-6H3;/q-3;/i7D,8D,9D,19D,20D;. The third-order valence-electron chi connectivity index (χ3n) is 14.8. The third-order valence-corrected chi connectivity index (χ3v) is 14.8. The van der Waals surface area contributed by atoms with Gasteiger partial charge in [-0.15, -0.1) is 35.7 Å². The van der Waals surface area contributed by atoms with Crippen LogP contribution in [0.3, 0.4) is 0 Å². The van der Waals surface area contributed by atoms with Gasteiger partial charge < -0.3 is 18.8 Å². The molecule has 0 bridgehead atoms. The predicted molar refractivity (Wildman–Crippen MR) is 304 cm³/mol. The van der Waals surface area contributed by atoms with E-state index in [1.54, 1.807) is 0 Å². The van der Waals surface area contributed by atoms with Crippen LogP contribution in [0.15, 0.2) is 164 Å².